The average Bonchev–Trinajstić information content (AvgIpc) is 2.61. The minimum absolute atomic E-state index is 0.00123. The summed E-state index contributed by atoms with van der Waals surface area (Å²) >= 11 is 1.28. The van der Waals surface area contributed by atoms with Crippen molar-refractivity contribution in [1.82, 2.24) is 10.3 Å². The zero-order valence-electron chi connectivity index (χ0n) is 9.24. The number of hydrogen-bond acceptors (Lipinski definition) is 4. The Labute approximate surface area is 97.5 Å². The highest BCUT2D eigenvalue weighted by atomic mass is 32.1. The number of nitrogens with one attached hydrogen (secondary N) is 1. The van der Waals surface area contributed by atoms with E-state index in [1.165, 1.54) is 18.3 Å². The molecule has 0 atom stereocenters. The fourth-order valence-corrected chi connectivity index (χ4v) is 2.62. The number of urea groups is 1. The lowest BCUT2D eigenvalue weighted by Crippen LogP contribution is -2.46. The molecular formula is C10H13N3O2S. The number of Topliss-reactive ketones (excluding diaryl/α,β-unsaturated/α-hetero) is 1. The number of aryl methyl sites for hydroxylation is 1. The normalized spacial score (nSPS) is 16.1. The summed E-state index contributed by atoms with van der Waals surface area (Å²) in [4.78, 5) is 29.4. The number of rotatable bonds is 2. The van der Waals surface area contributed by atoms with Gasteiger partial charge in [0.25, 0.3) is 0 Å². The lowest BCUT2D eigenvalue weighted by molar-refractivity contribution is 0.102. The molecule has 5 nitrogen and oxygen atoms in total. The van der Waals surface area contributed by atoms with Crippen LogP contribution in [0.4, 0.5) is 9.93 Å². The number of aromatic nitrogens is 1. The van der Waals surface area contributed by atoms with E-state index < -0.39 is 0 Å². The van der Waals surface area contributed by atoms with Crippen LogP contribution in [0.25, 0.3) is 0 Å². The van der Waals surface area contributed by atoms with Crippen molar-refractivity contribution in [2.45, 2.75) is 20.3 Å². The van der Waals surface area contributed by atoms with E-state index in [9.17, 15) is 9.59 Å². The molecule has 0 aromatic carbocycles. The van der Waals surface area contributed by atoms with Crippen molar-refractivity contribution in [1.29, 1.82) is 0 Å². The molecule has 0 saturated carbocycles. The van der Waals surface area contributed by atoms with Gasteiger partial charge in [0.15, 0.2) is 10.9 Å². The maximum absolute atomic E-state index is 11.6. The van der Waals surface area contributed by atoms with Gasteiger partial charge in [0.2, 0.25) is 0 Å². The second-order valence-electron chi connectivity index (χ2n) is 3.70. The topological polar surface area (TPSA) is 62.3 Å². The first-order valence-electron chi connectivity index (χ1n) is 5.13. The Kier molecular flexibility index (Phi) is 2.91. The van der Waals surface area contributed by atoms with Crippen LogP contribution in [0, 0.1) is 6.92 Å². The predicted octanol–water partition coefficient (Wildman–Crippen LogP) is 1.57. The first-order chi connectivity index (χ1) is 7.59. The number of carbonyl (C=O) groups excluding carboxylic acids is 2. The van der Waals surface area contributed by atoms with Crippen LogP contribution >= 0.6 is 11.3 Å². The van der Waals surface area contributed by atoms with E-state index in [-0.39, 0.29) is 11.8 Å². The summed E-state index contributed by atoms with van der Waals surface area (Å²) in [5.74, 6) is -0.00123. The summed E-state index contributed by atoms with van der Waals surface area (Å²) in [6.07, 6.45) is 0.903. The van der Waals surface area contributed by atoms with E-state index in [1.807, 2.05) is 0 Å². The molecule has 1 N–H and O–H groups in total. The van der Waals surface area contributed by atoms with Gasteiger partial charge < -0.3 is 5.32 Å². The quantitative estimate of drug-likeness (QED) is 0.797. The van der Waals surface area contributed by atoms with Crippen molar-refractivity contribution in [3.63, 3.8) is 0 Å². The third kappa shape index (κ3) is 1.92. The van der Waals surface area contributed by atoms with Gasteiger partial charge in [-0.05, 0) is 13.3 Å². The summed E-state index contributed by atoms with van der Waals surface area (Å²) in [7, 11) is 0. The van der Waals surface area contributed by atoms with Crippen LogP contribution in [0.2, 0.25) is 0 Å². The Bertz CT molecular complexity index is 441. The van der Waals surface area contributed by atoms with Gasteiger partial charge in [0, 0.05) is 20.0 Å². The van der Waals surface area contributed by atoms with Crippen LogP contribution in [0.1, 0.15) is 28.7 Å². The number of anilines is 1. The first-order valence-corrected chi connectivity index (χ1v) is 5.95. The zero-order valence-corrected chi connectivity index (χ0v) is 10.1. The molecule has 6 heteroatoms. The fourth-order valence-electron chi connectivity index (χ4n) is 1.64. The number of amides is 2. The molecule has 86 valence electrons. The standard InChI is InChI=1S/C10H13N3O2S/c1-6-8(7(2)14)16-10(12-6)13-5-3-4-11-9(13)15/h3-5H2,1-2H3,(H,11,15). The maximum Gasteiger partial charge on any atom is 0.323 e. The molecule has 1 aliphatic heterocycles. The molecule has 2 rings (SSSR count). The Morgan fingerprint density at radius 1 is 1.56 bits per heavy atom. The Balaban J connectivity index is 2.29. The van der Waals surface area contributed by atoms with E-state index in [2.05, 4.69) is 10.3 Å². The smallest absolute Gasteiger partial charge is 0.323 e. The lowest BCUT2D eigenvalue weighted by atomic mass is 10.3. The van der Waals surface area contributed by atoms with Crippen LogP contribution in [0.3, 0.4) is 0 Å². The number of hydrogen-bond donors (Lipinski definition) is 1. The van der Waals surface area contributed by atoms with E-state index in [0.29, 0.717) is 28.8 Å². The van der Waals surface area contributed by atoms with Gasteiger partial charge in [0.05, 0.1) is 10.6 Å². The van der Waals surface area contributed by atoms with Crippen molar-refractivity contribution in [3.05, 3.63) is 10.6 Å². The average molecular weight is 239 g/mol. The van der Waals surface area contributed by atoms with Gasteiger partial charge in [-0.1, -0.05) is 11.3 Å². The van der Waals surface area contributed by atoms with Crippen LogP contribution in [-0.2, 0) is 0 Å². The van der Waals surface area contributed by atoms with Crippen LogP contribution in [0.15, 0.2) is 0 Å². The van der Waals surface area contributed by atoms with Gasteiger partial charge in [-0.15, -0.1) is 0 Å². The highest BCUT2D eigenvalue weighted by Crippen LogP contribution is 2.27. The maximum atomic E-state index is 11.6. The molecular weight excluding hydrogens is 226 g/mol. The van der Waals surface area contributed by atoms with Crippen LogP contribution < -0.4 is 10.2 Å². The lowest BCUT2D eigenvalue weighted by Gasteiger charge is -2.24. The van der Waals surface area contributed by atoms with Crippen LogP contribution in [-0.4, -0.2) is 29.9 Å². The van der Waals surface area contributed by atoms with Gasteiger partial charge >= 0.3 is 6.03 Å². The highest BCUT2D eigenvalue weighted by molar-refractivity contribution is 7.17. The molecule has 1 saturated heterocycles. The summed E-state index contributed by atoms with van der Waals surface area (Å²) < 4.78 is 0. The molecule has 1 aliphatic rings. The molecule has 2 heterocycles. The third-order valence-corrected chi connectivity index (χ3v) is 3.70. The van der Waals surface area contributed by atoms with Crippen molar-refractivity contribution < 1.29 is 9.59 Å². The van der Waals surface area contributed by atoms with Crippen molar-refractivity contribution in [2.75, 3.05) is 18.0 Å². The fraction of sp³-hybridized carbons (Fsp3) is 0.500. The molecule has 0 spiro atoms. The summed E-state index contributed by atoms with van der Waals surface area (Å²) in [6, 6.07) is -0.130. The Morgan fingerprint density at radius 3 is 2.88 bits per heavy atom. The van der Waals surface area contributed by atoms with E-state index >= 15 is 0 Å². The van der Waals surface area contributed by atoms with Gasteiger partial charge in [0.1, 0.15) is 0 Å². The summed E-state index contributed by atoms with van der Waals surface area (Å²) in [5, 5.41) is 3.37. The first kappa shape index (κ1) is 11.1. The van der Waals surface area contributed by atoms with Crippen molar-refractivity contribution >= 4 is 28.3 Å². The molecule has 0 aliphatic carbocycles. The predicted molar refractivity (Wildman–Crippen MR) is 62.2 cm³/mol. The number of nitrogens with zero attached hydrogens (tertiary/aromatic N) is 2. The van der Waals surface area contributed by atoms with E-state index in [4.69, 9.17) is 0 Å². The minimum atomic E-state index is -0.130. The SMILES string of the molecule is CC(=O)c1sc(N2CCCNC2=O)nc1C. The zero-order chi connectivity index (χ0) is 11.7. The minimum Gasteiger partial charge on any atom is -0.338 e. The Hall–Kier alpha value is -1.43. The molecule has 1 fully saturated rings. The van der Waals surface area contributed by atoms with E-state index in [0.717, 1.165) is 6.42 Å². The number of thiazole rings is 1. The van der Waals surface area contributed by atoms with E-state index in [1.54, 1.807) is 11.8 Å². The largest absolute Gasteiger partial charge is 0.338 e. The molecule has 2 amide bonds. The van der Waals surface area contributed by atoms with Gasteiger partial charge in [-0.25, -0.2) is 9.78 Å². The third-order valence-electron chi connectivity index (χ3n) is 2.42. The molecule has 1 aromatic rings. The monoisotopic (exact) mass is 239 g/mol. The molecule has 1 aromatic heterocycles. The van der Waals surface area contributed by atoms with Crippen molar-refractivity contribution in [2.24, 2.45) is 0 Å². The second-order valence-corrected chi connectivity index (χ2v) is 4.68. The molecule has 0 bridgehead atoms. The summed E-state index contributed by atoms with van der Waals surface area (Å²) in [5.41, 5.74) is 0.700. The van der Waals surface area contributed by atoms with Gasteiger partial charge in [-0.2, -0.15) is 0 Å². The number of carbonyl (C=O) groups is 2. The van der Waals surface area contributed by atoms with Gasteiger partial charge in [-0.3, -0.25) is 9.69 Å². The van der Waals surface area contributed by atoms with Crippen molar-refractivity contribution in [3.8, 4) is 0 Å². The van der Waals surface area contributed by atoms with Crippen LogP contribution in [0.5, 0.6) is 0 Å². The molecule has 0 unspecified atom stereocenters. The molecule has 0 radical (unpaired) electrons. The number of ketones is 1. The second kappa shape index (κ2) is 4.21. The highest BCUT2D eigenvalue weighted by Gasteiger charge is 2.23. The summed E-state index contributed by atoms with van der Waals surface area (Å²) in [6.45, 7) is 4.68. The molecule has 16 heavy (non-hydrogen) atoms. The Morgan fingerprint density at radius 2 is 2.31 bits per heavy atom.